The highest BCUT2D eigenvalue weighted by molar-refractivity contribution is 14.0. The fraction of sp³-hybridized carbons (Fsp3) is 0.733. The maximum Gasteiger partial charge on any atom is 0.191 e. The Labute approximate surface area is 151 Å². The molecular weight excluding hydrogens is 393 g/mol. The molecule has 7 heteroatoms. The molecule has 0 fully saturated rings. The van der Waals surface area contributed by atoms with E-state index >= 15 is 0 Å². The summed E-state index contributed by atoms with van der Waals surface area (Å²) < 4.78 is 7.31. The van der Waals surface area contributed by atoms with Gasteiger partial charge in [0.25, 0.3) is 0 Å². The van der Waals surface area contributed by atoms with Crippen molar-refractivity contribution in [3.05, 3.63) is 17.0 Å². The average Bonchev–Trinajstić information content (AvgIpc) is 2.67. The van der Waals surface area contributed by atoms with Crippen molar-refractivity contribution in [3.8, 4) is 0 Å². The van der Waals surface area contributed by atoms with Crippen LogP contribution in [-0.4, -0.2) is 41.5 Å². The van der Waals surface area contributed by atoms with E-state index in [1.54, 1.807) is 7.11 Å². The first-order valence-electron chi connectivity index (χ1n) is 7.37. The summed E-state index contributed by atoms with van der Waals surface area (Å²) in [5.41, 5.74) is 3.15. The zero-order valence-electron chi connectivity index (χ0n) is 14.8. The average molecular weight is 423 g/mol. The highest BCUT2D eigenvalue weighted by Crippen LogP contribution is 2.12. The number of methoxy groups -OCH3 is 1. The molecule has 0 aliphatic rings. The fourth-order valence-corrected chi connectivity index (χ4v) is 1.91. The van der Waals surface area contributed by atoms with Gasteiger partial charge >= 0.3 is 0 Å². The topological polar surface area (TPSA) is 63.5 Å². The third kappa shape index (κ3) is 6.12. The van der Waals surface area contributed by atoms with Gasteiger partial charge in [-0.1, -0.05) is 0 Å². The summed E-state index contributed by atoms with van der Waals surface area (Å²) >= 11 is 0. The maximum atomic E-state index is 5.41. The number of nitrogens with zero attached hydrogens (tertiary/aromatic N) is 3. The summed E-state index contributed by atoms with van der Waals surface area (Å²) in [6.45, 7) is 12.4. The molecule has 0 amide bonds. The van der Waals surface area contributed by atoms with Crippen molar-refractivity contribution in [2.75, 3.05) is 20.2 Å². The lowest BCUT2D eigenvalue weighted by Gasteiger charge is -2.24. The van der Waals surface area contributed by atoms with Crippen LogP contribution in [0.4, 0.5) is 0 Å². The zero-order valence-corrected chi connectivity index (χ0v) is 17.1. The Bertz CT molecular complexity index is 496. The van der Waals surface area contributed by atoms with E-state index in [0.717, 1.165) is 23.9 Å². The number of rotatable bonds is 6. The molecule has 0 saturated heterocycles. The second-order valence-corrected chi connectivity index (χ2v) is 5.79. The summed E-state index contributed by atoms with van der Waals surface area (Å²) in [7, 11) is 3.67. The Hall–Kier alpha value is -0.830. The van der Waals surface area contributed by atoms with Gasteiger partial charge in [0.05, 0.1) is 17.8 Å². The monoisotopic (exact) mass is 423 g/mol. The van der Waals surface area contributed by atoms with Gasteiger partial charge in [0.2, 0.25) is 0 Å². The number of halogens is 1. The van der Waals surface area contributed by atoms with Crippen molar-refractivity contribution in [2.24, 2.45) is 12.0 Å². The van der Waals surface area contributed by atoms with Gasteiger partial charge in [0, 0.05) is 38.5 Å². The van der Waals surface area contributed by atoms with Gasteiger partial charge in [-0.3, -0.25) is 4.68 Å². The summed E-state index contributed by atoms with van der Waals surface area (Å²) in [6, 6.07) is 0. The van der Waals surface area contributed by atoms with Crippen LogP contribution in [0.3, 0.4) is 0 Å². The normalized spacial score (nSPS) is 12.0. The number of aromatic nitrogens is 2. The third-order valence-electron chi connectivity index (χ3n) is 3.63. The van der Waals surface area contributed by atoms with Gasteiger partial charge in [0.15, 0.2) is 5.96 Å². The first-order chi connectivity index (χ1) is 9.80. The van der Waals surface area contributed by atoms with Crippen molar-refractivity contribution in [1.82, 2.24) is 20.4 Å². The predicted molar refractivity (Wildman–Crippen MR) is 102 cm³/mol. The van der Waals surface area contributed by atoms with Gasteiger partial charge < -0.3 is 15.4 Å². The first-order valence-corrected chi connectivity index (χ1v) is 7.37. The molecule has 0 aliphatic carbocycles. The minimum absolute atomic E-state index is 0. The van der Waals surface area contributed by atoms with E-state index in [-0.39, 0.29) is 29.6 Å². The Kier molecular flexibility index (Phi) is 8.99. The molecule has 0 unspecified atom stereocenters. The van der Waals surface area contributed by atoms with Gasteiger partial charge in [-0.15, -0.1) is 24.0 Å². The summed E-state index contributed by atoms with van der Waals surface area (Å²) in [5.74, 6) is 0.797. The summed E-state index contributed by atoms with van der Waals surface area (Å²) in [6.07, 6.45) is 0. The minimum atomic E-state index is -0.226. The molecule has 0 radical (unpaired) electrons. The molecule has 1 aromatic rings. The molecule has 0 saturated carbocycles. The number of guanidine groups is 1. The minimum Gasteiger partial charge on any atom is -0.377 e. The lowest BCUT2D eigenvalue weighted by atomic mass is 10.1. The second-order valence-electron chi connectivity index (χ2n) is 5.79. The van der Waals surface area contributed by atoms with Crippen LogP contribution >= 0.6 is 24.0 Å². The van der Waals surface area contributed by atoms with Crippen LogP contribution in [0.15, 0.2) is 4.99 Å². The van der Waals surface area contributed by atoms with Crippen LogP contribution in [0.1, 0.15) is 37.7 Å². The van der Waals surface area contributed by atoms with Crippen LogP contribution in [0, 0.1) is 13.8 Å². The molecule has 22 heavy (non-hydrogen) atoms. The second kappa shape index (κ2) is 9.34. The predicted octanol–water partition coefficient (Wildman–Crippen LogP) is 2.14. The molecule has 128 valence electrons. The van der Waals surface area contributed by atoms with E-state index < -0.39 is 0 Å². The van der Waals surface area contributed by atoms with E-state index in [4.69, 9.17) is 4.74 Å². The molecular formula is C15H30IN5O. The Morgan fingerprint density at radius 2 is 1.95 bits per heavy atom. The van der Waals surface area contributed by atoms with Crippen molar-refractivity contribution in [2.45, 2.75) is 46.8 Å². The molecule has 0 spiro atoms. The Morgan fingerprint density at radius 1 is 1.32 bits per heavy atom. The van der Waals surface area contributed by atoms with Crippen molar-refractivity contribution < 1.29 is 4.74 Å². The zero-order chi connectivity index (χ0) is 16.0. The van der Waals surface area contributed by atoms with E-state index in [2.05, 4.69) is 34.6 Å². The van der Waals surface area contributed by atoms with Crippen LogP contribution in [0.2, 0.25) is 0 Å². The lowest BCUT2D eigenvalue weighted by molar-refractivity contribution is 0.0268. The number of hydrogen-bond donors (Lipinski definition) is 2. The molecule has 1 rings (SSSR count). The summed E-state index contributed by atoms with van der Waals surface area (Å²) in [5, 5.41) is 11.0. The molecule has 0 aromatic carbocycles. The number of nitrogens with one attached hydrogen (secondary N) is 2. The quantitative estimate of drug-likeness (QED) is 0.418. The van der Waals surface area contributed by atoms with Gasteiger partial charge in [0.1, 0.15) is 0 Å². The lowest BCUT2D eigenvalue weighted by Crippen LogP contribution is -2.45. The number of aliphatic imine (C=N–C) groups is 1. The molecule has 2 N–H and O–H groups in total. The number of aryl methyl sites for hydroxylation is 2. The van der Waals surface area contributed by atoms with Crippen molar-refractivity contribution in [3.63, 3.8) is 0 Å². The standard InChI is InChI=1S/C15H29N5O.HI/c1-8-16-14(18-10-15(4,5)21-7)17-9-13-11(2)19-20(6)12(13)3;/h8-10H2,1-7H3,(H2,16,17,18);1H. The number of ether oxygens (including phenoxy) is 1. The largest absolute Gasteiger partial charge is 0.377 e. The third-order valence-corrected chi connectivity index (χ3v) is 3.63. The Morgan fingerprint density at radius 3 is 2.41 bits per heavy atom. The van der Waals surface area contributed by atoms with E-state index in [0.29, 0.717) is 13.1 Å². The maximum absolute atomic E-state index is 5.41. The van der Waals surface area contributed by atoms with Gasteiger partial charge in [-0.2, -0.15) is 5.10 Å². The highest BCUT2D eigenvalue weighted by Gasteiger charge is 2.16. The molecule has 0 aliphatic heterocycles. The molecule has 1 aromatic heterocycles. The Balaban J connectivity index is 0.00000441. The number of hydrogen-bond acceptors (Lipinski definition) is 3. The van der Waals surface area contributed by atoms with Gasteiger partial charge in [-0.05, 0) is 34.6 Å². The summed E-state index contributed by atoms with van der Waals surface area (Å²) in [4.78, 5) is 4.64. The van der Waals surface area contributed by atoms with Crippen LogP contribution in [-0.2, 0) is 18.3 Å². The highest BCUT2D eigenvalue weighted by atomic mass is 127. The molecule has 0 bridgehead atoms. The first kappa shape index (κ1) is 21.2. The smallest absolute Gasteiger partial charge is 0.191 e. The van der Waals surface area contributed by atoms with Crippen LogP contribution in [0.5, 0.6) is 0 Å². The van der Waals surface area contributed by atoms with E-state index in [9.17, 15) is 0 Å². The van der Waals surface area contributed by atoms with Crippen molar-refractivity contribution in [1.29, 1.82) is 0 Å². The van der Waals surface area contributed by atoms with E-state index in [1.807, 2.05) is 32.5 Å². The van der Waals surface area contributed by atoms with Crippen LogP contribution in [0.25, 0.3) is 0 Å². The SMILES string of the molecule is CCNC(=NCc1c(C)nn(C)c1C)NCC(C)(C)OC.I. The van der Waals surface area contributed by atoms with Crippen molar-refractivity contribution >= 4 is 29.9 Å². The molecule has 0 atom stereocenters. The van der Waals surface area contributed by atoms with Crippen LogP contribution < -0.4 is 10.6 Å². The van der Waals surface area contributed by atoms with Gasteiger partial charge in [-0.25, -0.2) is 4.99 Å². The molecule has 1 heterocycles. The van der Waals surface area contributed by atoms with E-state index in [1.165, 1.54) is 5.56 Å². The molecule has 6 nitrogen and oxygen atoms in total. The fourth-order valence-electron chi connectivity index (χ4n) is 1.91.